The highest BCUT2D eigenvalue weighted by Gasteiger charge is 2.18. The molecule has 34 heavy (non-hydrogen) atoms. The van der Waals surface area contributed by atoms with Crippen LogP contribution >= 0.6 is 11.3 Å². The summed E-state index contributed by atoms with van der Waals surface area (Å²) in [6.45, 7) is 3.40. The van der Waals surface area contributed by atoms with Gasteiger partial charge in [0.15, 0.2) is 0 Å². The Morgan fingerprint density at radius 2 is 1.91 bits per heavy atom. The van der Waals surface area contributed by atoms with Crippen molar-refractivity contribution in [2.75, 3.05) is 13.6 Å². The molecule has 0 fully saturated rings. The summed E-state index contributed by atoms with van der Waals surface area (Å²) in [4.78, 5) is 33.7. The molecule has 4 aromatic rings. The fraction of sp³-hybridized carbons (Fsp3) is 0.269. The van der Waals surface area contributed by atoms with Crippen LogP contribution in [0.4, 0.5) is 0 Å². The van der Waals surface area contributed by atoms with E-state index in [9.17, 15) is 14.7 Å². The molecule has 0 spiro atoms. The van der Waals surface area contributed by atoms with Crippen LogP contribution in [0.5, 0.6) is 0 Å². The standard InChI is InChI=1S/C26H28N4O3S/c1-17-4-6-18(7-5-17)13-28-25(33)22-15-30(3)26-21(24(22)32)12-20(34-26)14-29(2)16-23(31)19-8-10-27-11-9-19/h4-12,15,23,31H,13-14,16H2,1-3H3,(H,28,33). The normalized spacial score (nSPS) is 12.3. The van der Waals surface area contributed by atoms with Gasteiger partial charge in [-0.25, -0.2) is 0 Å². The van der Waals surface area contributed by atoms with Crippen molar-refractivity contribution in [1.82, 2.24) is 19.8 Å². The molecule has 3 aromatic heterocycles. The Bertz CT molecular complexity index is 1350. The monoisotopic (exact) mass is 476 g/mol. The maximum Gasteiger partial charge on any atom is 0.257 e. The van der Waals surface area contributed by atoms with Crippen LogP contribution in [0.15, 0.2) is 65.8 Å². The van der Waals surface area contributed by atoms with Crippen LogP contribution in [0.2, 0.25) is 0 Å². The molecule has 7 nitrogen and oxygen atoms in total. The number of amides is 1. The van der Waals surface area contributed by atoms with Crippen molar-refractivity contribution in [1.29, 1.82) is 0 Å². The Hall–Kier alpha value is -3.33. The van der Waals surface area contributed by atoms with E-state index in [-0.39, 0.29) is 16.9 Å². The quantitative estimate of drug-likeness (QED) is 0.407. The number of aliphatic hydroxyl groups excluding tert-OH is 1. The van der Waals surface area contributed by atoms with Gasteiger partial charge in [-0.1, -0.05) is 29.8 Å². The Morgan fingerprint density at radius 3 is 2.62 bits per heavy atom. The number of pyridine rings is 2. The van der Waals surface area contributed by atoms with E-state index < -0.39 is 6.10 Å². The molecule has 0 saturated carbocycles. The number of hydrogen-bond acceptors (Lipinski definition) is 6. The number of aryl methyl sites for hydroxylation is 2. The number of fused-ring (bicyclic) bond motifs is 1. The summed E-state index contributed by atoms with van der Waals surface area (Å²) >= 11 is 1.52. The lowest BCUT2D eigenvalue weighted by molar-refractivity contribution is 0.0949. The molecular weight excluding hydrogens is 448 g/mol. The molecule has 3 heterocycles. The number of likely N-dealkylation sites (N-methyl/N-ethyl adjacent to an activating group) is 1. The molecule has 4 rings (SSSR count). The van der Waals surface area contributed by atoms with Crippen LogP contribution < -0.4 is 10.7 Å². The summed E-state index contributed by atoms with van der Waals surface area (Å²) in [7, 11) is 3.77. The maximum absolute atomic E-state index is 13.1. The zero-order valence-corrected chi connectivity index (χ0v) is 20.3. The van der Waals surface area contributed by atoms with Gasteiger partial charge in [0.2, 0.25) is 5.43 Å². The highest BCUT2D eigenvalue weighted by atomic mass is 32.1. The van der Waals surface area contributed by atoms with E-state index in [2.05, 4.69) is 10.3 Å². The topological polar surface area (TPSA) is 87.5 Å². The van der Waals surface area contributed by atoms with Crippen LogP contribution in [0.3, 0.4) is 0 Å². The second-order valence-electron chi connectivity index (χ2n) is 8.58. The number of carbonyl (C=O) groups excluding carboxylic acids is 1. The molecule has 1 unspecified atom stereocenters. The van der Waals surface area contributed by atoms with Crippen molar-refractivity contribution in [2.24, 2.45) is 7.05 Å². The molecule has 8 heteroatoms. The summed E-state index contributed by atoms with van der Waals surface area (Å²) in [5, 5.41) is 13.9. The number of aliphatic hydroxyl groups is 1. The average Bonchev–Trinajstić information content (AvgIpc) is 3.26. The molecule has 1 atom stereocenters. The molecule has 0 saturated heterocycles. The summed E-state index contributed by atoms with van der Waals surface area (Å²) in [5.41, 5.74) is 2.81. The maximum atomic E-state index is 13.1. The van der Waals surface area contributed by atoms with Gasteiger partial charge < -0.3 is 15.0 Å². The zero-order valence-electron chi connectivity index (χ0n) is 19.5. The summed E-state index contributed by atoms with van der Waals surface area (Å²) in [5.74, 6) is -0.381. The number of rotatable bonds is 8. The van der Waals surface area contributed by atoms with Gasteiger partial charge in [0.1, 0.15) is 10.4 Å². The molecule has 0 radical (unpaired) electrons. The minimum atomic E-state index is -0.627. The van der Waals surface area contributed by atoms with Crippen LogP contribution in [-0.4, -0.2) is 39.1 Å². The number of aromatic nitrogens is 2. The molecule has 1 amide bonds. The first kappa shape index (κ1) is 23.8. The van der Waals surface area contributed by atoms with E-state index in [1.807, 2.05) is 60.8 Å². The third kappa shape index (κ3) is 5.41. The number of nitrogens with one attached hydrogen (secondary N) is 1. The van der Waals surface area contributed by atoms with Gasteiger partial charge in [0.05, 0.1) is 11.5 Å². The third-order valence-electron chi connectivity index (χ3n) is 5.72. The molecule has 0 aliphatic carbocycles. The predicted octanol–water partition coefficient (Wildman–Crippen LogP) is 3.40. The van der Waals surface area contributed by atoms with Crippen LogP contribution in [0.25, 0.3) is 10.2 Å². The van der Waals surface area contributed by atoms with Crippen molar-refractivity contribution in [2.45, 2.75) is 26.1 Å². The Kier molecular flexibility index (Phi) is 7.21. The first-order valence-corrected chi connectivity index (χ1v) is 11.9. The van der Waals surface area contributed by atoms with Gasteiger partial charge >= 0.3 is 0 Å². The minimum Gasteiger partial charge on any atom is -0.387 e. The second kappa shape index (κ2) is 10.3. The van der Waals surface area contributed by atoms with Gasteiger partial charge in [0, 0.05) is 50.1 Å². The number of carbonyl (C=O) groups is 1. The Labute approximate surface area is 202 Å². The van der Waals surface area contributed by atoms with Crippen molar-refractivity contribution in [3.8, 4) is 0 Å². The highest BCUT2D eigenvalue weighted by Crippen LogP contribution is 2.25. The Morgan fingerprint density at radius 1 is 1.21 bits per heavy atom. The molecule has 0 aliphatic rings. The molecule has 0 aliphatic heterocycles. The highest BCUT2D eigenvalue weighted by molar-refractivity contribution is 7.18. The lowest BCUT2D eigenvalue weighted by atomic mass is 10.1. The molecule has 176 valence electrons. The van der Waals surface area contributed by atoms with Gasteiger partial charge in [-0.3, -0.25) is 19.5 Å². The first-order valence-electron chi connectivity index (χ1n) is 11.0. The largest absolute Gasteiger partial charge is 0.387 e. The lowest BCUT2D eigenvalue weighted by Crippen LogP contribution is -2.29. The average molecular weight is 477 g/mol. The van der Waals surface area contributed by atoms with Crippen LogP contribution in [-0.2, 0) is 20.1 Å². The number of benzene rings is 1. The van der Waals surface area contributed by atoms with E-state index >= 15 is 0 Å². The third-order valence-corrected chi connectivity index (χ3v) is 6.93. The lowest BCUT2D eigenvalue weighted by Gasteiger charge is -2.20. The van der Waals surface area contributed by atoms with E-state index in [4.69, 9.17) is 0 Å². The van der Waals surface area contributed by atoms with E-state index in [0.29, 0.717) is 25.0 Å². The summed E-state index contributed by atoms with van der Waals surface area (Å²) < 4.78 is 1.83. The van der Waals surface area contributed by atoms with E-state index in [1.165, 1.54) is 11.3 Å². The van der Waals surface area contributed by atoms with Gasteiger partial charge in [-0.2, -0.15) is 0 Å². The van der Waals surface area contributed by atoms with Gasteiger partial charge in [-0.05, 0) is 43.3 Å². The molecule has 2 N–H and O–H groups in total. The van der Waals surface area contributed by atoms with Gasteiger partial charge in [0.25, 0.3) is 5.91 Å². The fourth-order valence-corrected chi connectivity index (χ4v) is 5.02. The molecule has 0 bridgehead atoms. The number of nitrogens with zero attached hydrogens (tertiary/aromatic N) is 3. The fourth-order valence-electron chi connectivity index (χ4n) is 3.85. The summed E-state index contributed by atoms with van der Waals surface area (Å²) in [6, 6.07) is 13.4. The van der Waals surface area contributed by atoms with Crippen LogP contribution in [0.1, 0.15) is 38.0 Å². The van der Waals surface area contributed by atoms with Gasteiger partial charge in [-0.15, -0.1) is 11.3 Å². The van der Waals surface area contributed by atoms with Crippen molar-refractivity contribution >= 4 is 27.5 Å². The van der Waals surface area contributed by atoms with Crippen molar-refractivity contribution in [3.63, 3.8) is 0 Å². The van der Waals surface area contributed by atoms with Crippen molar-refractivity contribution in [3.05, 3.63) is 98.4 Å². The smallest absolute Gasteiger partial charge is 0.257 e. The van der Waals surface area contributed by atoms with E-state index in [0.717, 1.165) is 26.4 Å². The molecule has 1 aromatic carbocycles. The molecular formula is C26H28N4O3S. The summed E-state index contributed by atoms with van der Waals surface area (Å²) in [6.07, 6.45) is 4.30. The number of thiophene rings is 1. The zero-order chi connectivity index (χ0) is 24.2. The first-order chi connectivity index (χ1) is 16.3. The second-order valence-corrected chi connectivity index (χ2v) is 9.69. The SMILES string of the molecule is Cc1ccc(CNC(=O)c2cn(C)c3sc(CN(C)CC(O)c4ccncc4)cc3c2=O)cc1. The van der Waals surface area contributed by atoms with Crippen LogP contribution in [0, 0.1) is 6.92 Å². The minimum absolute atomic E-state index is 0.132. The Balaban J connectivity index is 1.48. The predicted molar refractivity (Wildman–Crippen MR) is 135 cm³/mol. The number of hydrogen-bond donors (Lipinski definition) is 2. The van der Waals surface area contributed by atoms with Crippen molar-refractivity contribution < 1.29 is 9.90 Å². The van der Waals surface area contributed by atoms with E-state index in [1.54, 1.807) is 30.7 Å².